The normalized spacial score (nSPS) is 20.5. The highest BCUT2D eigenvalue weighted by Gasteiger charge is 2.41. The minimum absolute atomic E-state index is 0.0755. The van der Waals surface area contributed by atoms with Crippen LogP contribution in [0.4, 0.5) is 5.82 Å². The van der Waals surface area contributed by atoms with Crippen molar-refractivity contribution < 1.29 is 4.79 Å². The number of nitrogens with zero attached hydrogens (tertiary/aromatic N) is 4. The molecule has 0 spiro atoms. The number of amides is 1. The third-order valence-electron chi connectivity index (χ3n) is 7.28. The van der Waals surface area contributed by atoms with Gasteiger partial charge in [0.05, 0.1) is 0 Å². The van der Waals surface area contributed by atoms with Crippen molar-refractivity contribution in [3.8, 4) is 0 Å². The zero-order valence-corrected chi connectivity index (χ0v) is 20.4. The number of hydrogen-bond acceptors (Lipinski definition) is 4. The zero-order valence-electron chi connectivity index (χ0n) is 20.4. The second kappa shape index (κ2) is 12.3. The molecule has 1 aliphatic carbocycles. The third kappa shape index (κ3) is 6.29. The van der Waals surface area contributed by atoms with E-state index in [1.165, 1.54) is 37.7 Å². The van der Waals surface area contributed by atoms with Crippen LogP contribution >= 0.6 is 0 Å². The Hall–Kier alpha value is -1.98. The smallest absolute Gasteiger partial charge is 0.227 e. The van der Waals surface area contributed by atoms with Gasteiger partial charge in [-0.3, -0.25) is 14.6 Å². The van der Waals surface area contributed by atoms with E-state index < -0.39 is 0 Å². The molecule has 32 heavy (non-hydrogen) atoms. The second-order valence-electron chi connectivity index (χ2n) is 9.25. The lowest BCUT2D eigenvalue weighted by Crippen LogP contribution is -2.62. The Morgan fingerprint density at radius 2 is 1.88 bits per heavy atom. The van der Waals surface area contributed by atoms with Crippen molar-refractivity contribution >= 4 is 11.7 Å². The maximum Gasteiger partial charge on any atom is 0.227 e. The number of allylic oxidation sites excluding steroid dienone is 3. The van der Waals surface area contributed by atoms with Crippen LogP contribution in [0.1, 0.15) is 65.7 Å². The lowest BCUT2D eigenvalue weighted by atomic mass is 9.79. The van der Waals surface area contributed by atoms with Gasteiger partial charge in [0.2, 0.25) is 5.91 Å². The molecule has 0 aromatic carbocycles. The molecule has 0 atom stereocenters. The first-order chi connectivity index (χ1) is 15.6. The summed E-state index contributed by atoms with van der Waals surface area (Å²) in [6.07, 6.45) is 16.2. The molecule has 2 heterocycles. The van der Waals surface area contributed by atoms with Crippen molar-refractivity contribution in [2.45, 2.75) is 71.3 Å². The Morgan fingerprint density at radius 1 is 1.12 bits per heavy atom. The number of hydrogen-bond donors (Lipinski definition) is 0. The predicted octanol–water partition coefficient (Wildman–Crippen LogP) is 5.06. The van der Waals surface area contributed by atoms with Crippen molar-refractivity contribution in [2.75, 3.05) is 44.2 Å². The molecule has 0 N–H and O–H groups in total. The van der Waals surface area contributed by atoms with Gasteiger partial charge >= 0.3 is 0 Å². The van der Waals surface area contributed by atoms with Gasteiger partial charge in [-0.15, -0.1) is 0 Å². The van der Waals surface area contributed by atoms with Gasteiger partial charge in [-0.1, -0.05) is 56.1 Å². The molecule has 5 nitrogen and oxygen atoms in total. The molecule has 2 aliphatic rings. The highest BCUT2D eigenvalue weighted by molar-refractivity contribution is 5.92. The van der Waals surface area contributed by atoms with Crippen LogP contribution in [0, 0.1) is 0 Å². The minimum Gasteiger partial charge on any atom is -0.300 e. The third-order valence-corrected chi connectivity index (χ3v) is 7.28. The maximum atomic E-state index is 12.9. The second-order valence-corrected chi connectivity index (χ2v) is 9.25. The van der Waals surface area contributed by atoms with Crippen molar-refractivity contribution in [2.24, 2.45) is 0 Å². The molecule has 1 saturated heterocycles. The zero-order chi connectivity index (χ0) is 22.8. The number of anilines is 1. The fraction of sp³-hybridized carbons (Fsp3) is 0.630. The molecule has 3 rings (SSSR count). The first-order valence-corrected chi connectivity index (χ1v) is 12.6. The van der Waals surface area contributed by atoms with Gasteiger partial charge in [0.1, 0.15) is 5.82 Å². The summed E-state index contributed by atoms with van der Waals surface area (Å²) in [5.74, 6) is 0.973. The Kier molecular flexibility index (Phi) is 9.49. The van der Waals surface area contributed by atoms with Crippen molar-refractivity contribution in [3.63, 3.8) is 0 Å². The number of carbonyl (C=O) groups excluding carboxylic acids is 1. The Morgan fingerprint density at radius 3 is 2.47 bits per heavy atom. The molecule has 0 bridgehead atoms. The Balaban J connectivity index is 1.69. The quantitative estimate of drug-likeness (QED) is 0.505. The van der Waals surface area contributed by atoms with Crippen LogP contribution in [-0.2, 0) is 4.79 Å². The lowest BCUT2D eigenvalue weighted by Gasteiger charge is -2.51. The molecular weight excluding hydrogens is 396 g/mol. The van der Waals surface area contributed by atoms with E-state index in [-0.39, 0.29) is 11.4 Å². The number of carbonyl (C=O) groups is 1. The highest BCUT2D eigenvalue weighted by Crippen LogP contribution is 2.36. The van der Waals surface area contributed by atoms with Gasteiger partial charge < -0.3 is 4.90 Å². The number of rotatable bonds is 9. The van der Waals surface area contributed by atoms with E-state index >= 15 is 0 Å². The summed E-state index contributed by atoms with van der Waals surface area (Å²) in [4.78, 5) is 24.8. The molecule has 0 unspecified atom stereocenters. The van der Waals surface area contributed by atoms with Gasteiger partial charge in [0.15, 0.2) is 0 Å². The van der Waals surface area contributed by atoms with E-state index in [0.29, 0.717) is 6.42 Å². The summed E-state index contributed by atoms with van der Waals surface area (Å²) in [6.45, 7) is 12.5. The number of piperazine rings is 1. The monoisotopic (exact) mass is 438 g/mol. The Bertz CT molecular complexity index is 759. The van der Waals surface area contributed by atoms with Gasteiger partial charge in [-0.05, 0) is 45.2 Å². The SMILES string of the molecule is C/C=C\C(=C/C)CCN1CCN(C2(CN(C(=O)CC)c3ccccn3)CCCCC2)CC1. The number of aromatic nitrogens is 1. The first-order valence-electron chi connectivity index (χ1n) is 12.6. The van der Waals surface area contributed by atoms with Crippen LogP contribution in [0.3, 0.4) is 0 Å². The molecule has 1 aromatic heterocycles. The van der Waals surface area contributed by atoms with E-state index in [2.05, 4.69) is 46.9 Å². The standard InChI is InChI=1S/C27H42N4O/c1-4-12-24(5-2)14-18-29-19-21-30(22-20-29)27(15-9-7-10-16-27)23-31(26(32)6-3)25-13-8-11-17-28-25/h4-5,8,11-13,17H,6-7,9-10,14-16,18-23H2,1-3H3/b12-4-,24-5+. The van der Waals surface area contributed by atoms with Crippen LogP contribution in [0.2, 0.25) is 0 Å². The highest BCUT2D eigenvalue weighted by atomic mass is 16.2. The van der Waals surface area contributed by atoms with Crippen molar-refractivity contribution in [1.82, 2.24) is 14.8 Å². The summed E-state index contributed by atoms with van der Waals surface area (Å²) < 4.78 is 0. The van der Waals surface area contributed by atoms with E-state index in [0.717, 1.165) is 51.5 Å². The summed E-state index contributed by atoms with van der Waals surface area (Å²) >= 11 is 0. The molecular formula is C27H42N4O. The summed E-state index contributed by atoms with van der Waals surface area (Å²) in [5, 5.41) is 0. The van der Waals surface area contributed by atoms with Crippen LogP contribution in [0.5, 0.6) is 0 Å². The van der Waals surface area contributed by atoms with Crippen molar-refractivity contribution in [1.29, 1.82) is 0 Å². The van der Waals surface area contributed by atoms with E-state index in [1.54, 1.807) is 6.20 Å². The average molecular weight is 439 g/mol. The molecule has 1 amide bonds. The van der Waals surface area contributed by atoms with Crippen molar-refractivity contribution in [3.05, 3.63) is 48.2 Å². The van der Waals surface area contributed by atoms with E-state index in [9.17, 15) is 4.79 Å². The first kappa shape index (κ1) is 24.7. The van der Waals surface area contributed by atoms with Gasteiger partial charge in [-0.2, -0.15) is 0 Å². The maximum absolute atomic E-state index is 12.9. The molecule has 5 heteroatoms. The summed E-state index contributed by atoms with van der Waals surface area (Å²) in [5.41, 5.74) is 1.49. The topological polar surface area (TPSA) is 39.7 Å². The van der Waals surface area contributed by atoms with Crippen LogP contribution in [0.25, 0.3) is 0 Å². The fourth-order valence-electron chi connectivity index (χ4n) is 5.35. The average Bonchev–Trinajstić information content (AvgIpc) is 2.86. The minimum atomic E-state index is 0.0755. The van der Waals surface area contributed by atoms with Crippen LogP contribution in [0.15, 0.2) is 48.2 Å². The van der Waals surface area contributed by atoms with Gasteiger partial charge in [0, 0.05) is 57.4 Å². The summed E-state index contributed by atoms with van der Waals surface area (Å²) in [6, 6.07) is 5.88. The van der Waals surface area contributed by atoms with Crippen LogP contribution < -0.4 is 4.90 Å². The molecule has 1 aromatic rings. The van der Waals surface area contributed by atoms with Gasteiger partial charge in [-0.25, -0.2) is 4.98 Å². The van der Waals surface area contributed by atoms with E-state index in [4.69, 9.17) is 0 Å². The summed E-state index contributed by atoms with van der Waals surface area (Å²) in [7, 11) is 0. The van der Waals surface area contributed by atoms with Gasteiger partial charge in [0.25, 0.3) is 0 Å². The lowest BCUT2D eigenvalue weighted by molar-refractivity contribution is -0.119. The number of pyridine rings is 1. The van der Waals surface area contributed by atoms with E-state index in [1.807, 2.05) is 30.0 Å². The molecule has 0 radical (unpaired) electrons. The fourth-order valence-corrected chi connectivity index (χ4v) is 5.35. The molecule has 176 valence electrons. The molecule has 1 saturated carbocycles. The molecule has 1 aliphatic heterocycles. The van der Waals surface area contributed by atoms with Crippen LogP contribution in [-0.4, -0.2) is 65.5 Å². The largest absolute Gasteiger partial charge is 0.300 e. The molecule has 2 fully saturated rings. The Labute approximate surface area is 195 Å². The predicted molar refractivity (Wildman–Crippen MR) is 134 cm³/mol.